The van der Waals surface area contributed by atoms with Crippen molar-refractivity contribution in [1.29, 1.82) is 0 Å². The van der Waals surface area contributed by atoms with Gasteiger partial charge >= 0.3 is 0 Å². The number of anilines is 1. The zero-order valence-electron chi connectivity index (χ0n) is 15.7. The van der Waals surface area contributed by atoms with E-state index in [9.17, 15) is 4.39 Å². The van der Waals surface area contributed by atoms with E-state index in [1.807, 2.05) is 30.3 Å². The van der Waals surface area contributed by atoms with Crippen molar-refractivity contribution in [1.82, 2.24) is 4.90 Å². The lowest BCUT2D eigenvalue weighted by Crippen LogP contribution is -2.48. The van der Waals surface area contributed by atoms with Crippen molar-refractivity contribution in [3.63, 3.8) is 0 Å². The van der Waals surface area contributed by atoms with Crippen LogP contribution in [0.25, 0.3) is 0 Å². The Kier molecular flexibility index (Phi) is 6.31. The van der Waals surface area contributed by atoms with Gasteiger partial charge in [-0.15, -0.1) is 0 Å². The summed E-state index contributed by atoms with van der Waals surface area (Å²) in [7, 11) is 0. The van der Waals surface area contributed by atoms with E-state index in [0.29, 0.717) is 21.6 Å². The summed E-state index contributed by atoms with van der Waals surface area (Å²) in [5, 5.41) is 1.96. The SMILES string of the molecule is Fc1cccc(CN2CCN(c3ccc(Cl)cc3Cl)C(c3ccc(Cl)cc3)C2)c1. The Morgan fingerprint density at radius 3 is 2.34 bits per heavy atom. The highest BCUT2D eigenvalue weighted by atomic mass is 35.5. The second-order valence-corrected chi connectivity index (χ2v) is 8.50. The quantitative estimate of drug-likeness (QED) is 0.430. The van der Waals surface area contributed by atoms with E-state index < -0.39 is 0 Å². The molecule has 1 aliphatic heterocycles. The van der Waals surface area contributed by atoms with Crippen molar-refractivity contribution in [2.24, 2.45) is 0 Å². The molecule has 2 nitrogen and oxygen atoms in total. The first kappa shape index (κ1) is 20.5. The van der Waals surface area contributed by atoms with E-state index in [4.69, 9.17) is 34.8 Å². The summed E-state index contributed by atoms with van der Waals surface area (Å²) in [6.07, 6.45) is 0. The summed E-state index contributed by atoms with van der Waals surface area (Å²) in [4.78, 5) is 4.65. The largest absolute Gasteiger partial charge is 0.361 e. The van der Waals surface area contributed by atoms with E-state index in [-0.39, 0.29) is 11.9 Å². The van der Waals surface area contributed by atoms with Crippen molar-refractivity contribution < 1.29 is 4.39 Å². The molecular weight excluding hydrogens is 430 g/mol. The van der Waals surface area contributed by atoms with Gasteiger partial charge in [-0.25, -0.2) is 4.39 Å². The van der Waals surface area contributed by atoms with Gasteiger partial charge in [0.2, 0.25) is 0 Å². The van der Waals surface area contributed by atoms with Crippen LogP contribution >= 0.6 is 34.8 Å². The Morgan fingerprint density at radius 2 is 1.62 bits per heavy atom. The number of hydrogen-bond acceptors (Lipinski definition) is 2. The van der Waals surface area contributed by atoms with Gasteiger partial charge in [0.25, 0.3) is 0 Å². The molecule has 0 saturated carbocycles. The molecule has 1 aliphatic rings. The number of rotatable bonds is 4. The molecule has 0 radical (unpaired) electrons. The monoisotopic (exact) mass is 448 g/mol. The molecule has 0 aromatic heterocycles. The molecule has 1 heterocycles. The van der Waals surface area contributed by atoms with Crippen LogP contribution in [0.5, 0.6) is 0 Å². The van der Waals surface area contributed by atoms with Crippen LogP contribution in [0.3, 0.4) is 0 Å². The highest BCUT2D eigenvalue weighted by molar-refractivity contribution is 6.36. The number of benzene rings is 3. The van der Waals surface area contributed by atoms with Gasteiger partial charge in [0.05, 0.1) is 16.8 Å². The Bertz CT molecular complexity index is 994. The van der Waals surface area contributed by atoms with Gasteiger partial charge in [-0.1, -0.05) is 59.1 Å². The van der Waals surface area contributed by atoms with E-state index in [1.54, 1.807) is 18.2 Å². The second-order valence-electron chi connectivity index (χ2n) is 7.22. The zero-order chi connectivity index (χ0) is 20.4. The molecule has 1 fully saturated rings. The molecule has 1 atom stereocenters. The average molecular weight is 450 g/mol. The Morgan fingerprint density at radius 1 is 0.862 bits per heavy atom. The van der Waals surface area contributed by atoms with Crippen LogP contribution in [-0.4, -0.2) is 24.5 Å². The molecule has 150 valence electrons. The van der Waals surface area contributed by atoms with Crippen molar-refractivity contribution >= 4 is 40.5 Å². The summed E-state index contributed by atoms with van der Waals surface area (Å²) in [5.74, 6) is -0.205. The first-order valence-electron chi connectivity index (χ1n) is 9.43. The smallest absolute Gasteiger partial charge is 0.123 e. The van der Waals surface area contributed by atoms with Crippen molar-refractivity contribution in [3.05, 3.63) is 98.7 Å². The van der Waals surface area contributed by atoms with Gasteiger partial charge in [0, 0.05) is 36.2 Å². The maximum Gasteiger partial charge on any atom is 0.123 e. The first-order chi connectivity index (χ1) is 14.0. The first-order valence-corrected chi connectivity index (χ1v) is 10.6. The molecule has 3 aromatic rings. The fourth-order valence-electron chi connectivity index (χ4n) is 3.85. The molecule has 29 heavy (non-hydrogen) atoms. The van der Waals surface area contributed by atoms with E-state index in [2.05, 4.69) is 21.9 Å². The van der Waals surface area contributed by atoms with Crippen LogP contribution in [0.2, 0.25) is 15.1 Å². The average Bonchev–Trinajstić information content (AvgIpc) is 2.69. The molecule has 0 bridgehead atoms. The molecular formula is C23H20Cl3FN2. The Labute approximate surface area is 185 Å². The Balaban J connectivity index is 1.63. The molecule has 3 aromatic carbocycles. The van der Waals surface area contributed by atoms with Gasteiger partial charge < -0.3 is 4.90 Å². The molecule has 0 spiro atoms. The van der Waals surface area contributed by atoms with E-state index in [1.165, 1.54) is 6.07 Å². The van der Waals surface area contributed by atoms with Crippen LogP contribution < -0.4 is 4.90 Å². The van der Waals surface area contributed by atoms with Gasteiger partial charge in [-0.2, -0.15) is 0 Å². The lowest BCUT2D eigenvalue weighted by Gasteiger charge is -2.43. The standard InChI is InChI=1S/C23H20Cl3FN2/c24-18-6-4-17(5-7-18)23-15-28(14-16-2-1-3-20(27)12-16)10-11-29(23)22-9-8-19(25)13-21(22)26/h1-9,12-13,23H,10-11,14-15H2. The number of halogens is 4. The molecule has 0 amide bonds. The summed E-state index contributed by atoms with van der Waals surface area (Å²) in [6, 6.07) is 20.4. The minimum Gasteiger partial charge on any atom is -0.361 e. The van der Waals surface area contributed by atoms with Gasteiger partial charge in [0.1, 0.15) is 5.82 Å². The van der Waals surface area contributed by atoms with Crippen LogP contribution in [0.15, 0.2) is 66.7 Å². The summed E-state index contributed by atoms with van der Waals surface area (Å²) >= 11 is 18.7. The molecule has 1 unspecified atom stereocenters. The Hall–Kier alpha value is -1.78. The molecule has 6 heteroatoms. The van der Waals surface area contributed by atoms with Crippen LogP contribution in [-0.2, 0) is 6.54 Å². The third-order valence-corrected chi connectivity index (χ3v) is 6.02. The second kappa shape index (κ2) is 8.93. The van der Waals surface area contributed by atoms with Crippen LogP contribution in [0, 0.1) is 5.82 Å². The fraction of sp³-hybridized carbons (Fsp3) is 0.217. The number of hydrogen-bond donors (Lipinski definition) is 0. The van der Waals surface area contributed by atoms with E-state index >= 15 is 0 Å². The number of nitrogens with zero attached hydrogens (tertiary/aromatic N) is 2. The van der Waals surface area contributed by atoms with Crippen molar-refractivity contribution in [2.45, 2.75) is 12.6 Å². The van der Waals surface area contributed by atoms with Gasteiger partial charge in [-0.3, -0.25) is 4.90 Å². The minimum atomic E-state index is -0.205. The number of piperazine rings is 1. The van der Waals surface area contributed by atoms with E-state index in [0.717, 1.165) is 36.4 Å². The third kappa shape index (κ3) is 4.87. The topological polar surface area (TPSA) is 6.48 Å². The lowest BCUT2D eigenvalue weighted by molar-refractivity contribution is 0.215. The normalized spacial score (nSPS) is 17.5. The van der Waals surface area contributed by atoms with Crippen molar-refractivity contribution in [3.8, 4) is 0 Å². The molecule has 0 N–H and O–H groups in total. The summed E-state index contributed by atoms with van der Waals surface area (Å²) in [5.41, 5.74) is 3.09. The minimum absolute atomic E-state index is 0.0910. The zero-order valence-corrected chi connectivity index (χ0v) is 17.9. The predicted molar refractivity (Wildman–Crippen MR) is 120 cm³/mol. The van der Waals surface area contributed by atoms with Gasteiger partial charge in [0.15, 0.2) is 0 Å². The van der Waals surface area contributed by atoms with Crippen molar-refractivity contribution in [2.75, 3.05) is 24.5 Å². The summed E-state index contributed by atoms with van der Waals surface area (Å²) < 4.78 is 13.6. The molecule has 4 rings (SSSR count). The maximum atomic E-state index is 13.6. The van der Waals surface area contributed by atoms with Crippen LogP contribution in [0.1, 0.15) is 17.2 Å². The predicted octanol–water partition coefficient (Wildman–Crippen LogP) is 6.85. The summed E-state index contributed by atoms with van der Waals surface area (Å²) in [6.45, 7) is 3.13. The van der Waals surface area contributed by atoms with Gasteiger partial charge in [-0.05, 0) is 53.6 Å². The third-order valence-electron chi connectivity index (χ3n) is 5.23. The molecule has 0 aliphatic carbocycles. The molecule has 1 saturated heterocycles. The fourth-order valence-corrected chi connectivity index (χ4v) is 4.49. The highest BCUT2D eigenvalue weighted by Gasteiger charge is 2.29. The highest BCUT2D eigenvalue weighted by Crippen LogP contribution is 2.37. The van der Waals surface area contributed by atoms with Crippen LogP contribution in [0.4, 0.5) is 10.1 Å². The lowest BCUT2D eigenvalue weighted by atomic mass is 10.0. The maximum absolute atomic E-state index is 13.6.